The van der Waals surface area contributed by atoms with E-state index in [4.69, 9.17) is 4.74 Å². The first-order chi connectivity index (χ1) is 10.1. The molecule has 0 fully saturated rings. The number of halogens is 2. The van der Waals surface area contributed by atoms with Gasteiger partial charge >= 0.3 is 0 Å². The molecule has 0 amide bonds. The maximum atomic E-state index is 9.41. The van der Waals surface area contributed by atoms with E-state index in [9.17, 15) is 5.11 Å². The molecule has 1 aliphatic rings. The molecule has 0 aromatic heterocycles. The summed E-state index contributed by atoms with van der Waals surface area (Å²) in [4.78, 5) is 0. The third-order valence-electron chi connectivity index (χ3n) is 4.23. The summed E-state index contributed by atoms with van der Waals surface area (Å²) in [6, 6.07) is 5.32. The molecule has 0 bridgehead atoms. The van der Waals surface area contributed by atoms with Gasteiger partial charge in [-0.25, -0.2) is 5.57 Å². The van der Waals surface area contributed by atoms with Gasteiger partial charge in [-0.2, -0.15) is 11.1 Å². The summed E-state index contributed by atoms with van der Waals surface area (Å²) in [5, 5.41) is 9.41. The molecule has 5 heteroatoms. The first-order valence-electron chi connectivity index (χ1n) is 7.72. The van der Waals surface area contributed by atoms with Crippen LogP contribution in [0.4, 0.5) is 0 Å². The molecule has 25 heavy (non-hydrogen) atoms. The van der Waals surface area contributed by atoms with Gasteiger partial charge in [-0.05, 0) is 23.1 Å². The number of phenols is 1. The van der Waals surface area contributed by atoms with Gasteiger partial charge in [0.25, 0.3) is 0 Å². The number of rotatable bonds is 1. The van der Waals surface area contributed by atoms with Crippen LogP contribution in [0.25, 0.3) is 0 Å². The van der Waals surface area contributed by atoms with Crippen molar-refractivity contribution in [3.8, 4) is 11.5 Å². The maximum absolute atomic E-state index is 9.41. The van der Waals surface area contributed by atoms with Crippen LogP contribution in [-0.4, -0.2) is 12.2 Å². The molecule has 1 aromatic rings. The number of ether oxygens (including phenoxy) is 1. The summed E-state index contributed by atoms with van der Waals surface area (Å²) < 4.78 is 5.07. The minimum Gasteiger partial charge on any atom is -1.00 e. The van der Waals surface area contributed by atoms with Gasteiger partial charge in [0.2, 0.25) is 0 Å². The van der Waals surface area contributed by atoms with Gasteiger partial charge in [-0.3, -0.25) is 6.08 Å². The van der Waals surface area contributed by atoms with Crippen LogP contribution >= 0.6 is 0 Å². The van der Waals surface area contributed by atoms with Crippen LogP contribution in [0.3, 0.4) is 0 Å². The molecule has 1 aliphatic carbocycles. The van der Waals surface area contributed by atoms with E-state index >= 15 is 0 Å². The molecule has 0 radical (unpaired) electrons. The normalized spacial score (nSPS) is 15.7. The molecule has 1 aromatic carbocycles. The zero-order valence-electron chi connectivity index (χ0n) is 16.4. The summed E-state index contributed by atoms with van der Waals surface area (Å²) in [5.74, 6) is 1.51. The van der Waals surface area contributed by atoms with Crippen LogP contribution in [-0.2, 0) is 27.1 Å². The third kappa shape index (κ3) is 8.68. The van der Waals surface area contributed by atoms with E-state index in [0.717, 1.165) is 5.56 Å². The molecule has 0 saturated carbocycles. The SMILES string of the molecule is CC1=[C-]C(C)C(C)=C1C.COc1cc(O)cc(C(C)(C)C)c1.[Cl-].[Cl-].[Ti]. The Labute approximate surface area is 180 Å². The smallest absolute Gasteiger partial charge is 0.122 e. The topological polar surface area (TPSA) is 29.5 Å². The van der Waals surface area contributed by atoms with Gasteiger partial charge in [-0.15, -0.1) is 6.92 Å². The van der Waals surface area contributed by atoms with Crippen molar-refractivity contribution in [1.82, 2.24) is 0 Å². The van der Waals surface area contributed by atoms with E-state index in [2.05, 4.69) is 54.5 Å². The number of allylic oxidation sites excluding steroid dienone is 4. The van der Waals surface area contributed by atoms with E-state index in [1.165, 1.54) is 16.7 Å². The fourth-order valence-corrected chi connectivity index (χ4v) is 2.30. The number of hydrogen-bond donors (Lipinski definition) is 1. The Kier molecular flexibility index (Phi) is 14.2. The Morgan fingerprint density at radius 3 is 1.84 bits per heavy atom. The molecule has 0 aliphatic heterocycles. The number of benzene rings is 1. The largest absolute Gasteiger partial charge is 1.00 e. The van der Waals surface area contributed by atoms with E-state index < -0.39 is 0 Å². The summed E-state index contributed by atoms with van der Waals surface area (Å²) >= 11 is 0. The number of aromatic hydroxyl groups is 1. The zero-order chi connectivity index (χ0) is 17.1. The quantitative estimate of drug-likeness (QED) is 0.487. The summed E-state index contributed by atoms with van der Waals surface area (Å²) in [6.45, 7) is 15.0. The van der Waals surface area contributed by atoms with Crippen molar-refractivity contribution in [1.29, 1.82) is 0 Å². The van der Waals surface area contributed by atoms with Crippen LogP contribution in [0, 0.1) is 12.0 Å². The molecular weight excluding hydrogens is 391 g/mol. The fraction of sp³-hybridized carbons (Fsp3) is 0.500. The molecular formula is C20H29Cl2O2Ti-3. The minimum absolute atomic E-state index is 0. The maximum Gasteiger partial charge on any atom is 0.122 e. The van der Waals surface area contributed by atoms with Gasteiger partial charge in [0, 0.05) is 27.8 Å². The number of hydrogen-bond acceptors (Lipinski definition) is 2. The second kappa shape index (κ2) is 12.1. The molecule has 142 valence electrons. The average Bonchev–Trinajstić information content (AvgIpc) is 2.64. The molecule has 1 unspecified atom stereocenters. The monoisotopic (exact) mass is 419 g/mol. The van der Waals surface area contributed by atoms with E-state index in [1.807, 2.05) is 6.07 Å². The molecule has 1 N–H and O–H groups in total. The first-order valence-corrected chi connectivity index (χ1v) is 7.72. The Morgan fingerprint density at radius 2 is 1.56 bits per heavy atom. The fourth-order valence-electron chi connectivity index (χ4n) is 2.30. The van der Waals surface area contributed by atoms with E-state index in [0.29, 0.717) is 11.7 Å². The van der Waals surface area contributed by atoms with Crippen LogP contribution < -0.4 is 29.6 Å². The van der Waals surface area contributed by atoms with Crippen LogP contribution in [0.5, 0.6) is 11.5 Å². The Balaban J connectivity index is -0.000000362. The van der Waals surface area contributed by atoms with Crippen molar-refractivity contribution in [3.05, 3.63) is 46.6 Å². The standard InChI is InChI=1S/C11H16O2.C9H13.2ClH.Ti/c1-11(2,3)8-5-9(12)7-10(6-8)13-4;1-6-5-7(2)9(4)8(6)3;;;/h5-7,12H,1-4H3;6H,1-4H3;2*1H;/q;-1;;;/p-2. The second-order valence-electron chi connectivity index (χ2n) is 6.97. The first kappa shape index (κ1) is 29.4. The van der Waals surface area contributed by atoms with Gasteiger partial charge in [0.15, 0.2) is 0 Å². The summed E-state index contributed by atoms with van der Waals surface area (Å²) in [5.41, 5.74) is 5.35. The second-order valence-corrected chi connectivity index (χ2v) is 6.97. The number of phenolic OH excluding ortho intramolecular Hbond substituents is 1. The molecule has 0 heterocycles. The van der Waals surface area contributed by atoms with Gasteiger partial charge < -0.3 is 34.7 Å². The predicted molar refractivity (Wildman–Crippen MR) is 93.3 cm³/mol. The van der Waals surface area contributed by atoms with Crippen molar-refractivity contribution in [2.75, 3.05) is 7.11 Å². The van der Waals surface area contributed by atoms with Crippen molar-refractivity contribution in [3.63, 3.8) is 0 Å². The number of methoxy groups -OCH3 is 1. The van der Waals surface area contributed by atoms with Crippen LogP contribution in [0.1, 0.15) is 54.0 Å². The van der Waals surface area contributed by atoms with Crippen LogP contribution in [0.15, 0.2) is 34.9 Å². The van der Waals surface area contributed by atoms with Gasteiger partial charge in [0.05, 0.1) is 7.11 Å². The van der Waals surface area contributed by atoms with E-state index in [1.54, 1.807) is 19.2 Å². The average molecular weight is 420 g/mol. The van der Waals surface area contributed by atoms with E-state index in [-0.39, 0.29) is 57.7 Å². The summed E-state index contributed by atoms with van der Waals surface area (Å²) in [7, 11) is 1.60. The van der Waals surface area contributed by atoms with Gasteiger partial charge in [-0.1, -0.05) is 47.5 Å². The molecule has 0 spiro atoms. The Hall–Kier alpha value is -0.406. The third-order valence-corrected chi connectivity index (χ3v) is 4.23. The summed E-state index contributed by atoms with van der Waals surface area (Å²) in [6.07, 6.45) is 3.36. The Bertz CT molecular complexity index is 602. The van der Waals surface area contributed by atoms with Gasteiger partial charge in [0.1, 0.15) is 11.5 Å². The molecule has 0 saturated heterocycles. The Morgan fingerprint density at radius 1 is 1.04 bits per heavy atom. The van der Waals surface area contributed by atoms with Crippen LogP contribution in [0.2, 0.25) is 0 Å². The molecule has 1 atom stereocenters. The zero-order valence-corrected chi connectivity index (χ0v) is 19.5. The molecule has 2 rings (SSSR count). The van der Waals surface area contributed by atoms with Crippen molar-refractivity contribution in [2.24, 2.45) is 5.92 Å². The predicted octanol–water partition coefficient (Wildman–Crippen LogP) is -0.574. The van der Waals surface area contributed by atoms with Crippen molar-refractivity contribution >= 4 is 0 Å². The molecule has 2 nitrogen and oxygen atoms in total. The van der Waals surface area contributed by atoms with Crippen molar-refractivity contribution in [2.45, 2.75) is 53.9 Å². The van der Waals surface area contributed by atoms with Crippen molar-refractivity contribution < 1.29 is 56.4 Å². The minimum atomic E-state index is 0.